The maximum Gasteiger partial charge on any atom is 0.312 e. The van der Waals surface area contributed by atoms with Gasteiger partial charge in [0.2, 0.25) is 15.8 Å². The Hall–Kier alpha value is -3.76. The van der Waals surface area contributed by atoms with Crippen molar-refractivity contribution in [2.75, 3.05) is 18.4 Å². The van der Waals surface area contributed by atoms with Crippen molar-refractivity contribution in [2.24, 2.45) is 0 Å². The summed E-state index contributed by atoms with van der Waals surface area (Å²) in [6.45, 7) is 2.71. The first kappa shape index (κ1) is 23.4. The van der Waals surface area contributed by atoms with Crippen LogP contribution in [0, 0.1) is 17.0 Å². The summed E-state index contributed by atoms with van der Waals surface area (Å²) in [6.07, 6.45) is 1.54. The number of carbonyl (C=O) groups excluding carboxylic acids is 1. The van der Waals surface area contributed by atoms with Crippen molar-refractivity contribution in [1.29, 1.82) is 0 Å². The molecule has 0 aliphatic carbocycles. The number of amides is 1. The molecule has 1 fully saturated rings. The van der Waals surface area contributed by atoms with Crippen molar-refractivity contribution in [1.82, 2.24) is 4.31 Å². The maximum atomic E-state index is 12.8. The Kier molecular flexibility index (Phi) is 6.62. The molecule has 1 heterocycles. The summed E-state index contributed by atoms with van der Waals surface area (Å²) in [4.78, 5) is 23.2. The fraction of sp³-hybridized carbons (Fsp3) is 0.208. The number of ether oxygens (including phenoxy) is 1. The van der Waals surface area contributed by atoms with Gasteiger partial charge in [0, 0.05) is 30.4 Å². The number of carbonyl (C=O) groups is 1. The molecule has 1 N–H and O–H groups in total. The lowest BCUT2D eigenvalue weighted by atomic mass is 10.1. The second-order valence-corrected chi connectivity index (χ2v) is 9.89. The van der Waals surface area contributed by atoms with E-state index >= 15 is 0 Å². The third-order valence-electron chi connectivity index (χ3n) is 5.45. The number of anilines is 1. The molecule has 176 valence electrons. The van der Waals surface area contributed by atoms with Gasteiger partial charge in [0.25, 0.3) is 5.91 Å². The molecule has 0 bridgehead atoms. The van der Waals surface area contributed by atoms with Crippen LogP contribution < -0.4 is 10.1 Å². The molecule has 1 saturated heterocycles. The van der Waals surface area contributed by atoms with Gasteiger partial charge in [-0.25, -0.2) is 8.42 Å². The third-order valence-corrected chi connectivity index (χ3v) is 7.34. The van der Waals surface area contributed by atoms with Crippen LogP contribution in [0.1, 0.15) is 28.8 Å². The van der Waals surface area contributed by atoms with Gasteiger partial charge >= 0.3 is 5.69 Å². The van der Waals surface area contributed by atoms with Crippen LogP contribution in [-0.4, -0.2) is 36.6 Å². The summed E-state index contributed by atoms with van der Waals surface area (Å²) in [7, 11) is -3.79. The molecule has 9 nitrogen and oxygen atoms in total. The molecule has 4 rings (SSSR count). The molecule has 0 unspecified atom stereocenters. The second kappa shape index (κ2) is 9.62. The molecule has 0 aromatic heterocycles. The molecule has 0 spiro atoms. The number of benzene rings is 3. The van der Waals surface area contributed by atoms with Crippen molar-refractivity contribution < 1.29 is 22.9 Å². The standard InChI is InChI=1S/C24H23N3O6S/c1-17-5-4-6-18(15-17)24(28)25-19-7-9-20(10-8-19)33-23-12-11-21(16-22(23)27(29)30)34(31,32)26-13-2-3-14-26/h4-12,15-16H,2-3,13-14H2,1H3,(H,25,28). The first-order chi connectivity index (χ1) is 16.2. The van der Waals surface area contributed by atoms with Crippen LogP contribution in [0.3, 0.4) is 0 Å². The van der Waals surface area contributed by atoms with E-state index in [0.717, 1.165) is 24.5 Å². The average Bonchev–Trinajstić information content (AvgIpc) is 3.36. The minimum Gasteiger partial charge on any atom is -0.450 e. The number of hydrogen-bond acceptors (Lipinski definition) is 6. The zero-order chi connectivity index (χ0) is 24.3. The highest BCUT2D eigenvalue weighted by Gasteiger charge is 2.30. The summed E-state index contributed by atoms with van der Waals surface area (Å²) in [5.41, 5.74) is 1.58. The number of nitro benzene ring substituents is 1. The number of hydrogen-bond donors (Lipinski definition) is 1. The number of nitro groups is 1. The van der Waals surface area contributed by atoms with Crippen molar-refractivity contribution in [3.8, 4) is 11.5 Å². The van der Waals surface area contributed by atoms with Crippen LogP contribution >= 0.6 is 0 Å². The number of rotatable bonds is 7. The third kappa shape index (κ3) is 5.08. The molecule has 1 aliphatic rings. The quantitative estimate of drug-likeness (QED) is 0.385. The van der Waals surface area contributed by atoms with Crippen LogP contribution in [0.4, 0.5) is 11.4 Å². The van der Waals surface area contributed by atoms with Gasteiger partial charge in [-0.05, 0) is 68.3 Å². The van der Waals surface area contributed by atoms with Gasteiger partial charge in [0.15, 0.2) is 0 Å². The molecule has 3 aromatic carbocycles. The molecule has 34 heavy (non-hydrogen) atoms. The van der Waals surface area contributed by atoms with E-state index in [1.165, 1.54) is 16.4 Å². The van der Waals surface area contributed by atoms with Crippen molar-refractivity contribution in [3.05, 3.63) is 88.0 Å². The number of nitrogens with zero attached hydrogens (tertiary/aromatic N) is 2. The van der Waals surface area contributed by atoms with Crippen molar-refractivity contribution >= 4 is 27.3 Å². The lowest BCUT2D eigenvalue weighted by Crippen LogP contribution is -2.27. The SMILES string of the molecule is Cc1cccc(C(=O)Nc2ccc(Oc3ccc(S(=O)(=O)N4CCCC4)cc3[N+](=O)[O-])cc2)c1. The van der Waals surface area contributed by atoms with E-state index in [9.17, 15) is 23.3 Å². The Morgan fingerprint density at radius 3 is 2.38 bits per heavy atom. The Labute approximate surface area is 197 Å². The predicted octanol–water partition coefficient (Wildman–Crippen LogP) is 4.73. The van der Waals surface area contributed by atoms with Crippen molar-refractivity contribution in [2.45, 2.75) is 24.7 Å². The zero-order valence-electron chi connectivity index (χ0n) is 18.4. The van der Waals surface area contributed by atoms with Crippen LogP contribution in [-0.2, 0) is 10.0 Å². The summed E-state index contributed by atoms with van der Waals surface area (Å²) >= 11 is 0. The Morgan fingerprint density at radius 1 is 1.03 bits per heavy atom. The van der Waals surface area contributed by atoms with E-state index in [-0.39, 0.29) is 16.6 Å². The van der Waals surface area contributed by atoms with Gasteiger partial charge in [-0.3, -0.25) is 14.9 Å². The molecule has 0 radical (unpaired) electrons. The number of nitrogens with one attached hydrogen (secondary N) is 1. The minimum absolute atomic E-state index is 0.0816. The summed E-state index contributed by atoms with van der Waals surface area (Å²) in [6, 6.07) is 17.2. The molecule has 0 atom stereocenters. The molecule has 3 aromatic rings. The van der Waals surface area contributed by atoms with E-state index in [4.69, 9.17) is 4.74 Å². The van der Waals surface area contributed by atoms with E-state index in [1.54, 1.807) is 42.5 Å². The largest absolute Gasteiger partial charge is 0.450 e. The molecule has 0 saturated carbocycles. The van der Waals surface area contributed by atoms with Crippen molar-refractivity contribution in [3.63, 3.8) is 0 Å². The smallest absolute Gasteiger partial charge is 0.312 e. The first-order valence-corrected chi connectivity index (χ1v) is 12.1. The van der Waals surface area contributed by atoms with E-state index in [2.05, 4.69) is 5.32 Å². The predicted molar refractivity (Wildman–Crippen MR) is 127 cm³/mol. The minimum atomic E-state index is -3.79. The highest BCUT2D eigenvalue weighted by Crippen LogP contribution is 2.35. The summed E-state index contributed by atoms with van der Waals surface area (Å²) in [5.74, 6) is -0.0449. The van der Waals surface area contributed by atoms with Gasteiger partial charge in [-0.15, -0.1) is 0 Å². The lowest BCUT2D eigenvalue weighted by Gasteiger charge is -2.16. The molecular weight excluding hydrogens is 458 g/mol. The first-order valence-electron chi connectivity index (χ1n) is 10.7. The fourth-order valence-electron chi connectivity index (χ4n) is 3.69. The van der Waals surface area contributed by atoms with Gasteiger partial charge in [-0.1, -0.05) is 17.7 Å². The van der Waals surface area contributed by atoms with Gasteiger partial charge < -0.3 is 10.1 Å². The van der Waals surface area contributed by atoms with Gasteiger partial charge in [0.1, 0.15) is 5.75 Å². The summed E-state index contributed by atoms with van der Waals surface area (Å²) < 4.78 is 32.5. The Bertz CT molecular complexity index is 1330. The van der Waals surface area contributed by atoms with Crippen LogP contribution in [0.15, 0.2) is 71.6 Å². The van der Waals surface area contributed by atoms with E-state index < -0.39 is 20.6 Å². The Balaban J connectivity index is 1.51. The highest BCUT2D eigenvalue weighted by molar-refractivity contribution is 7.89. The second-order valence-electron chi connectivity index (χ2n) is 7.95. The van der Waals surface area contributed by atoms with Gasteiger partial charge in [0.05, 0.1) is 9.82 Å². The lowest BCUT2D eigenvalue weighted by molar-refractivity contribution is -0.385. The Morgan fingerprint density at radius 2 is 1.74 bits per heavy atom. The molecular formula is C24H23N3O6S. The zero-order valence-corrected chi connectivity index (χ0v) is 19.2. The number of aryl methyl sites for hydroxylation is 1. The normalized spacial score (nSPS) is 14.0. The van der Waals surface area contributed by atoms with Gasteiger partial charge in [-0.2, -0.15) is 4.31 Å². The van der Waals surface area contributed by atoms with Crippen LogP contribution in [0.2, 0.25) is 0 Å². The topological polar surface area (TPSA) is 119 Å². The maximum absolute atomic E-state index is 12.8. The van der Waals surface area contributed by atoms with Crippen LogP contribution in [0.5, 0.6) is 11.5 Å². The molecule has 10 heteroatoms. The highest BCUT2D eigenvalue weighted by atomic mass is 32.2. The fourth-order valence-corrected chi connectivity index (χ4v) is 5.22. The monoisotopic (exact) mass is 481 g/mol. The number of sulfonamides is 1. The molecule has 1 amide bonds. The van der Waals surface area contributed by atoms with Crippen LogP contribution in [0.25, 0.3) is 0 Å². The summed E-state index contributed by atoms with van der Waals surface area (Å²) in [5, 5.41) is 14.4. The average molecular weight is 482 g/mol. The van der Waals surface area contributed by atoms with E-state index in [0.29, 0.717) is 30.1 Å². The van der Waals surface area contributed by atoms with E-state index in [1.807, 2.05) is 13.0 Å². The molecule has 1 aliphatic heterocycles.